The van der Waals surface area contributed by atoms with Crippen LogP contribution in [0.25, 0.3) is 0 Å². The summed E-state index contributed by atoms with van der Waals surface area (Å²) in [6, 6.07) is 3.40. The molecule has 0 aromatic heterocycles. The highest BCUT2D eigenvalue weighted by Crippen LogP contribution is 2.29. The van der Waals surface area contributed by atoms with Crippen LogP contribution in [-0.4, -0.2) is 106 Å². The Kier molecular flexibility index (Phi) is 7.98. The van der Waals surface area contributed by atoms with Gasteiger partial charge in [0.15, 0.2) is 6.04 Å². The van der Waals surface area contributed by atoms with Crippen molar-refractivity contribution in [3.8, 4) is 0 Å². The standard InChI is InChI=1S/C24H36N6O5S/c1-17-19(30-10-4-7-21(30)31)5-3-6-20(17)36(34,35)26-22(23(25)32)24(33)29-15-13-28(14-16-29)18-8-11-27(2)12-9-18/h3,5-6,18,22,26H,4,7-16H2,1-2H3,(H2,25,32)/t22-/m0/s1. The molecule has 3 amide bonds. The van der Waals surface area contributed by atoms with E-state index in [4.69, 9.17) is 5.73 Å². The molecule has 1 aromatic rings. The zero-order chi connectivity index (χ0) is 26.0. The highest BCUT2D eigenvalue weighted by molar-refractivity contribution is 7.89. The molecule has 3 N–H and O–H groups in total. The highest BCUT2D eigenvalue weighted by Gasteiger charge is 2.37. The average molecular weight is 521 g/mol. The molecule has 198 valence electrons. The van der Waals surface area contributed by atoms with Gasteiger partial charge in [-0.1, -0.05) is 6.07 Å². The summed E-state index contributed by atoms with van der Waals surface area (Å²) in [5, 5.41) is 0. The van der Waals surface area contributed by atoms with Gasteiger partial charge in [-0.3, -0.25) is 19.3 Å². The number of nitrogens with zero attached hydrogens (tertiary/aromatic N) is 4. The number of benzene rings is 1. The van der Waals surface area contributed by atoms with Gasteiger partial charge >= 0.3 is 0 Å². The molecule has 11 nitrogen and oxygen atoms in total. The van der Waals surface area contributed by atoms with Crippen molar-refractivity contribution in [3.05, 3.63) is 23.8 Å². The Hall–Kier alpha value is -2.54. The number of rotatable bonds is 7. The van der Waals surface area contributed by atoms with Crippen molar-refractivity contribution in [2.24, 2.45) is 5.73 Å². The third-order valence-electron chi connectivity index (χ3n) is 7.54. The maximum Gasteiger partial charge on any atom is 0.250 e. The monoisotopic (exact) mass is 520 g/mol. The van der Waals surface area contributed by atoms with Crippen LogP contribution in [0.15, 0.2) is 23.1 Å². The first-order valence-electron chi connectivity index (χ1n) is 12.5. The lowest BCUT2D eigenvalue weighted by atomic mass is 10.0. The van der Waals surface area contributed by atoms with Crippen molar-refractivity contribution in [2.45, 2.75) is 49.6 Å². The third kappa shape index (κ3) is 5.56. The molecule has 3 aliphatic heterocycles. The number of carbonyl (C=O) groups is 3. The summed E-state index contributed by atoms with van der Waals surface area (Å²) in [6.45, 7) is 6.36. The number of primary amides is 1. The van der Waals surface area contributed by atoms with Gasteiger partial charge in [-0.2, -0.15) is 4.72 Å². The molecular formula is C24H36N6O5S. The average Bonchev–Trinajstić information content (AvgIpc) is 3.28. The zero-order valence-corrected chi connectivity index (χ0v) is 21.8. The van der Waals surface area contributed by atoms with Crippen LogP contribution in [0.5, 0.6) is 0 Å². The number of sulfonamides is 1. The maximum atomic E-state index is 13.3. The van der Waals surface area contributed by atoms with E-state index < -0.39 is 27.9 Å². The second-order valence-electron chi connectivity index (χ2n) is 9.90. The van der Waals surface area contributed by atoms with Crippen molar-refractivity contribution in [3.63, 3.8) is 0 Å². The normalized spacial score (nSPS) is 21.7. The number of nitrogens with one attached hydrogen (secondary N) is 1. The molecule has 1 atom stereocenters. The molecule has 3 aliphatic rings. The molecule has 0 aliphatic carbocycles. The van der Waals surface area contributed by atoms with E-state index in [1.807, 2.05) is 0 Å². The first-order valence-corrected chi connectivity index (χ1v) is 14.0. The minimum atomic E-state index is -4.27. The lowest BCUT2D eigenvalue weighted by Crippen LogP contribution is -2.60. The van der Waals surface area contributed by atoms with E-state index in [0.29, 0.717) is 62.9 Å². The minimum absolute atomic E-state index is 0.0646. The van der Waals surface area contributed by atoms with Crippen LogP contribution in [0.3, 0.4) is 0 Å². The number of amides is 3. The Morgan fingerprint density at radius 1 is 1.06 bits per heavy atom. The molecule has 0 radical (unpaired) electrons. The summed E-state index contributed by atoms with van der Waals surface area (Å²) in [5.41, 5.74) is 6.38. The molecule has 3 saturated heterocycles. The molecule has 3 heterocycles. The van der Waals surface area contributed by atoms with Crippen molar-refractivity contribution in [1.29, 1.82) is 0 Å². The molecule has 12 heteroatoms. The van der Waals surface area contributed by atoms with E-state index in [1.165, 1.54) is 11.0 Å². The van der Waals surface area contributed by atoms with Crippen LogP contribution in [0, 0.1) is 6.92 Å². The van der Waals surface area contributed by atoms with E-state index in [-0.39, 0.29) is 10.8 Å². The van der Waals surface area contributed by atoms with Gasteiger partial charge < -0.3 is 20.4 Å². The summed E-state index contributed by atoms with van der Waals surface area (Å²) in [6.07, 6.45) is 3.28. The van der Waals surface area contributed by atoms with Gasteiger partial charge in [0.25, 0.3) is 5.91 Å². The Balaban J connectivity index is 1.45. The summed E-state index contributed by atoms with van der Waals surface area (Å²) >= 11 is 0. The molecule has 36 heavy (non-hydrogen) atoms. The van der Waals surface area contributed by atoms with Gasteiger partial charge in [0, 0.05) is 50.9 Å². The number of nitrogens with two attached hydrogens (primary N) is 1. The smallest absolute Gasteiger partial charge is 0.250 e. The summed E-state index contributed by atoms with van der Waals surface area (Å²) in [5.74, 6) is -1.76. The summed E-state index contributed by atoms with van der Waals surface area (Å²) < 4.78 is 28.8. The number of likely N-dealkylation sites (tertiary alicyclic amines) is 1. The van der Waals surface area contributed by atoms with Gasteiger partial charge in [0.05, 0.1) is 4.90 Å². The molecule has 0 bridgehead atoms. The van der Waals surface area contributed by atoms with Crippen molar-refractivity contribution < 1.29 is 22.8 Å². The predicted octanol–water partition coefficient (Wildman–Crippen LogP) is -0.508. The summed E-state index contributed by atoms with van der Waals surface area (Å²) in [4.78, 5) is 45.3. The van der Waals surface area contributed by atoms with Crippen molar-refractivity contribution >= 4 is 33.4 Å². The van der Waals surface area contributed by atoms with Crippen molar-refractivity contribution in [1.82, 2.24) is 19.4 Å². The Labute approximate surface area is 212 Å². The Morgan fingerprint density at radius 2 is 1.72 bits per heavy atom. The van der Waals surface area contributed by atoms with Crippen LogP contribution in [0.2, 0.25) is 0 Å². The molecule has 0 unspecified atom stereocenters. The topological polar surface area (TPSA) is 136 Å². The van der Waals surface area contributed by atoms with Gasteiger partial charge in [-0.05, 0) is 64.0 Å². The summed E-state index contributed by atoms with van der Waals surface area (Å²) in [7, 11) is -2.16. The fraction of sp³-hybridized carbons (Fsp3) is 0.625. The molecule has 0 spiro atoms. The second kappa shape index (κ2) is 10.8. The number of hydrogen-bond acceptors (Lipinski definition) is 7. The zero-order valence-electron chi connectivity index (χ0n) is 21.0. The van der Waals surface area contributed by atoms with Crippen LogP contribution in [0.1, 0.15) is 31.2 Å². The number of carbonyl (C=O) groups excluding carboxylic acids is 3. The lowest BCUT2D eigenvalue weighted by Gasteiger charge is -2.42. The Morgan fingerprint density at radius 3 is 2.31 bits per heavy atom. The van der Waals surface area contributed by atoms with E-state index >= 15 is 0 Å². The lowest BCUT2D eigenvalue weighted by molar-refractivity contribution is -0.139. The maximum absolute atomic E-state index is 13.3. The number of piperidine rings is 1. The Bertz CT molecular complexity index is 1110. The first kappa shape index (κ1) is 26.5. The minimum Gasteiger partial charge on any atom is -0.368 e. The van der Waals surface area contributed by atoms with E-state index in [2.05, 4.69) is 21.6 Å². The molecule has 4 rings (SSSR count). The van der Waals surface area contributed by atoms with Gasteiger partial charge in [0.2, 0.25) is 21.8 Å². The second-order valence-corrected chi connectivity index (χ2v) is 11.6. The van der Waals surface area contributed by atoms with Crippen LogP contribution < -0.4 is 15.4 Å². The third-order valence-corrected chi connectivity index (χ3v) is 9.11. The van der Waals surface area contributed by atoms with Gasteiger partial charge in [-0.15, -0.1) is 0 Å². The quantitative estimate of drug-likeness (QED) is 0.462. The van der Waals surface area contributed by atoms with Gasteiger partial charge in [0.1, 0.15) is 0 Å². The highest BCUT2D eigenvalue weighted by atomic mass is 32.2. The SMILES string of the molecule is Cc1c(N2CCCC2=O)cccc1S(=O)(=O)N[C@@H](C(N)=O)C(=O)N1CCN(C2CCN(C)CC2)CC1. The van der Waals surface area contributed by atoms with E-state index in [0.717, 1.165) is 25.9 Å². The molecule has 1 aromatic carbocycles. The van der Waals surface area contributed by atoms with Gasteiger partial charge in [-0.25, -0.2) is 8.42 Å². The molecular weight excluding hydrogens is 484 g/mol. The largest absolute Gasteiger partial charge is 0.368 e. The molecule has 0 saturated carbocycles. The number of piperazine rings is 1. The fourth-order valence-corrected chi connectivity index (χ4v) is 6.81. The van der Waals surface area contributed by atoms with E-state index in [1.54, 1.807) is 24.0 Å². The van der Waals surface area contributed by atoms with Crippen LogP contribution >= 0.6 is 0 Å². The molecule has 3 fully saturated rings. The number of anilines is 1. The van der Waals surface area contributed by atoms with Crippen LogP contribution in [-0.2, 0) is 24.4 Å². The first-order chi connectivity index (χ1) is 17.1. The van der Waals surface area contributed by atoms with Crippen molar-refractivity contribution in [2.75, 3.05) is 57.8 Å². The van der Waals surface area contributed by atoms with E-state index in [9.17, 15) is 22.8 Å². The number of hydrogen-bond donors (Lipinski definition) is 2. The van der Waals surface area contributed by atoms with Crippen LogP contribution in [0.4, 0.5) is 5.69 Å². The predicted molar refractivity (Wildman–Crippen MR) is 135 cm³/mol. The fourth-order valence-electron chi connectivity index (χ4n) is 5.39.